The van der Waals surface area contributed by atoms with Crippen molar-refractivity contribution in [1.29, 1.82) is 0 Å². The maximum atomic E-state index is 13.8. The summed E-state index contributed by atoms with van der Waals surface area (Å²) < 4.78 is 19.5. The summed E-state index contributed by atoms with van der Waals surface area (Å²) in [5.74, 6) is 0.228. The highest BCUT2D eigenvalue weighted by Gasteiger charge is 2.24. The zero-order valence-electron chi connectivity index (χ0n) is 12.1. The number of hydrogen-bond acceptors (Lipinski definition) is 2. The van der Waals surface area contributed by atoms with Gasteiger partial charge in [0.25, 0.3) is 5.91 Å². The Labute approximate surface area is 133 Å². The van der Waals surface area contributed by atoms with E-state index in [1.54, 1.807) is 36.2 Å². The summed E-state index contributed by atoms with van der Waals surface area (Å²) in [5, 5.41) is 0.354. The van der Waals surface area contributed by atoms with E-state index < -0.39 is 5.82 Å². The standard InChI is InChI=1S/C17H15ClFNO2/c1-20-8-7-13-14(17(20)21)3-2-4-16(13)22-10-11-5-6-12(18)9-15(11)19/h2-6,9H,7-8,10H2,1H3. The van der Waals surface area contributed by atoms with Gasteiger partial charge in [-0.2, -0.15) is 0 Å². The highest BCUT2D eigenvalue weighted by atomic mass is 35.5. The van der Waals surface area contributed by atoms with Crippen LogP contribution in [0.1, 0.15) is 21.5 Å². The van der Waals surface area contributed by atoms with Crippen LogP contribution in [-0.4, -0.2) is 24.4 Å². The van der Waals surface area contributed by atoms with Crippen LogP contribution in [0.2, 0.25) is 5.02 Å². The smallest absolute Gasteiger partial charge is 0.254 e. The van der Waals surface area contributed by atoms with Gasteiger partial charge in [-0.25, -0.2) is 4.39 Å². The van der Waals surface area contributed by atoms with Gasteiger partial charge in [0.1, 0.15) is 18.2 Å². The van der Waals surface area contributed by atoms with Crippen molar-refractivity contribution in [3.05, 3.63) is 63.9 Å². The summed E-state index contributed by atoms with van der Waals surface area (Å²) in [6.45, 7) is 0.755. The van der Waals surface area contributed by atoms with Crippen molar-refractivity contribution in [3.63, 3.8) is 0 Å². The molecule has 114 valence electrons. The molecule has 0 aromatic heterocycles. The number of likely N-dealkylation sites (N-methyl/N-ethyl adjacent to an activating group) is 1. The van der Waals surface area contributed by atoms with E-state index in [0.29, 0.717) is 28.4 Å². The molecule has 1 aliphatic rings. The van der Waals surface area contributed by atoms with Crippen LogP contribution in [0.15, 0.2) is 36.4 Å². The quantitative estimate of drug-likeness (QED) is 0.863. The topological polar surface area (TPSA) is 29.5 Å². The summed E-state index contributed by atoms with van der Waals surface area (Å²) in [4.78, 5) is 13.8. The van der Waals surface area contributed by atoms with E-state index in [-0.39, 0.29) is 12.5 Å². The van der Waals surface area contributed by atoms with E-state index in [2.05, 4.69) is 0 Å². The van der Waals surface area contributed by atoms with E-state index >= 15 is 0 Å². The SMILES string of the molecule is CN1CCc2c(OCc3ccc(Cl)cc3F)cccc2C1=O. The fourth-order valence-electron chi connectivity index (χ4n) is 2.54. The van der Waals surface area contributed by atoms with E-state index in [1.165, 1.54) is 6.07 Å². The van der Waals surface area contributed by atoms with E-state index in [4.69, 9.17) is 16.3 Å². The Kier molecular flexibility index (Phi) is 4.03. The molecule has 1 heterocycles. The van der Waals surface area contributed by atoms with E-state index in [1.807, 2.05) is 6.07 Å². The van der Waals surface area contributed by atoms with Gasteiger partial charge in [0.15, 0.2) is 0 Å². The van der Waals surface area contributed by atoms with Gasteiger partial charge in [-0.3, -0.25) is 4.79 Å². The van der Waals surface area contributed by atoms with Crippen LogP contribution in [0.25, 0.3) is 0 Å². The van der Waals surface area contributed by atoms with E-state index in [0.717, 1.165) is 12.0 Å². The fraction of sp³-hybridized carbons (Fsp3) is 0.235. The molecular formula is C17H15ClFNO2. The molecule has 0 fully saturated rings. The van der Waals surface area contributed by atoms with Crippen molar-refractivity contribution >= 4 is 17.5 Å². The summed E-state index contributed by atoms with van der Waals surface area (Å²) >= 11 is 5.74. The molecule has 5 heteroatoms. The first-order chi connectivity index (χ1) is 10.6. The zero-order chi connectivity index (χ0) is 15.7. The highest BCUT2D eigenvalue weighted by Crippen LogP contribution is 2.28. The lowest BCUT2D eigenvalue weighted by Crippen LogP contribution is -2.34. The number of carbonyl (C=O) groups is 1. The van der Waals surface area contributed by atoms with Gasteiger partial charge in [0, 0.05) is 35.3 Å². The second-order valence-corrected chi connectivity index (χ2v) is 5.72. The first kappa shape index (κ1) is 14.9. The van der Waals surface area contributed by atoms with Crippen LogP contribution in [0, 0.1) is 5.82 Å². The maximum Gasteiger partial charge on any atom is 0.254 e. The lowest BCUT2D eigenvalue weighted by molar-refractivity contribution is 0.0779. The fourth-order valence-corrected chi connectivity index (χ4v) is 2.70. The van der Waals surface area contributed by atoms with Crippen molar-refractivity contribution in [2.24, 2.45) is 0 Å². The normalized spacial score (nSPS) is 14.0. The summed E-state index contributed by atoms with van der Waals surface area (Å²) in [6.07, 6.45) is 0.733. The zero-order valence-corrected chi connectivity index (χ0v) is 12.9. The number of hydrogen-bond donors (Lipinski definition) is 0. The first-order valence-electron chi connectivity index (χ1n) is 7.00. The predicted octanol–water partition coefficient (Wildman–Crippen LogP) is 3.69. The van der Waals surface area contributed by atoms with Gasteiger partial charge >= 0.3 is 0 Å². The van der Waals surface area contributed by atoms with Crippen LogP contribution >= 0.6 is 11.6 Å². The third kappa shape index (κ3) is 2.79. The summed E-state index contributed by atoms with van der Waals surface area (Å²) in [7, 11) is 1.78. The lowest BCUT2D eigenvalue weighted by Gasteiger charge is -2.26. The average Bonchev–Trinajstić information content (AvgIpc) is 2.50. The number of nitrogens with zero attached hydrogens (tertiary/aromatic N) is 1. The molecule has 0 spiro atoms. The minimum absolute atomic E-state index is 0.00984. The van der Waals surface area contributed by atoms with E-state index in [9.17, 15) is 9.18 Å². The first-order valence-corrected chi connectivity index (χ1v) is 7.38. The summed E-state index contributed by atoms with van der Waals surface area (Å²) in [6, 6.07) is 9.88. The predicted molar refractivity (Wildman–Crippen MR) is 82.8 cm³/mol. The van der Waals surface area contributed by atoms with Gasteiger partial charge in [0.05, 0.1) is 0 Å². The molecule has 3 nitrogen and oxygen atoms in total. The number of amides is 1. The Morgan fingerprint density at radius 2 is 2.14 bits per heavy atom. The molecule has 1 amide bonds. The Morgan fingerprint density at radius 1 is 1.32 bits per heavy atom. The monoisotopic (exact) mass is 319 g/mol. The van der Waals surface area contributed by atoms with Crippen LogP contribution in [0.3, 0.4) is 0 Å². The third-order valence-electron chi connectivity index (χ3n) is 3.81. The molecule has 22 heavy (non-hydrogen) atoms. The van der Waals surface area contributed by atoms with Crippen LogP contribution in [0.4, 0.5) is 4.39 Å². The number of benzene rings is 2. The Bertz CT molecular complexity index is 733. The number of halogens is 2. The molecule has 0 radical (unpaired) electrons. The lowest BCUT2D eigenvalue weighted by atomic mass is 9.98. The minimum atomic E-state index is -0.395. The Morgan fingerprint density at radius 3 is 2.91 bits per heavy atom. The number of rotatable bonds is 3. The van der Waals surface area contributed by atoms with Crippen molar-refractivity contribution in [1.82, 2.24) is 4.90 Å². The Hall–Kier alpha value is -2.07. The molecular weight excluding hydrogens is 305 g/mol. The molecule has 0 saturated carbocycles. The third-order valence-corrected chi connectivity index (χ3v) is 4.04. The highest BCUT2D eigenvalue weighted by molar-refractivity contribution is 6.30. The number of carbonyl (C=O) groups excluding carboxylic acids is 1. The van der Waals surface area contributed by atoms with Gasteiger partial charge < -0.3 is 9.64 Å². The van der Waals surface area contributed by atoms with Crippen molar-refractivity contribution in [2.45, 2.75) is 13.0 Å². The molecule has 0 saturated heterocycles. The maximum absolute atomic E-state index is 13.8. The molecule has 0 unspecified atom stereocenters. The van der Waals surface area contributed by atoms with Crippen molar-refractivity contribution in [3.8, 4) is 5.75 Å². The largest absolute Gasteiger partial charge is 0.488 e. The number of fused-ring (bicyclic) bond motifs is 1. The molecule has 2 aromatic rings. The second kappa shape index (κ2) is 5.97. The van der Waals surface area contributed by atoms with Crippen LogP contribution < -0.4 is 4.74 Å². The molecule has 0 aliphatic carbocycles. The van der Waals surface area contributed by atoms with Crippen molar-refractivity contribution < 1.29 is 13.9 Å². The number of ether oxygens (including phenoxy) is 1. The van der Waals surface area contributed by atoms with Gasteiger partial charge in [0.2, 0.25) is 0 Å². The van der Waals surface area contributed by atoms with Gasteiger partial charge in [-0.05, 0) is 30.7 Å². The second-order valence-electron chi connectivity index (χ2n) is 5.28. The van der Waals surface area contributed by atoms with Crippen LogP contribution in [0.5, 0.6) is 5.75 Å². The minimum Gasteiger partial charge on any atom is -0.488 e. The summed E-state index contributed by atoms with van der Waals surface area (Å²) in [5.41, 5.74) is 1.98. The average molecular weight is 320 g/mol. The molecule has 0 bridgehead atoms. The van der Waals surface area contributed by atoms with Crippen LogP contribution in [-0.2, 0) is 13.0 Å². The van der Waals surface area contributed by atoms with Gasteiger partial charge in [-0.15, -0.1) is 0 Å². The molecule has 3 rings (SSSR count). The molecule has 1 aliphatic heterocycles. The van der Waals surface area contributed by atoms with Crippen molar-refractivity contribution in [2.75, 3.05) is 13.6 Å². The molecule has 0 N–H and O–H groups in total. The Balaban J connectivity index is 1.83. The molecule has 2 aromatic carbocycles. The van der Waals surface area contributed by atoms with Gasteiger partial charge in [-0.1, -0.05) is 23.7 Å². The molecule has 0 atom stereocenters.